The number of alkyl halides is 2. The average molecular weight is 343 g/mol. The van der Waals surface area contributed by atoms with Crippen LogP contribution in [-0.2, 0) is 6.54 Å². The van der Waals surface area contributed by atoms with E-state index in [4.69, 9.17) is 0 Å². The summed E-state index contributed by atoms with van der Waals surface area (Å²) in [6.45, 7) is 4.57. The van der Waals surface area contributed by atoms with Crippen LogP contribution in [0.1, 0.15) is 29.4 Å². The predicted molar refractivity (Wildman–Crippen MR) is 91.2 cm³/mol. The van der Waals surface area contributed by atoms with Gasteiger partial charge in [0.25, 0.3) is 5.92 Å². The van der Waals surface area contributed by atoms with E-state index in [1.165, 1.54) is 4.68 Å². The van der Waals surface area contributed by atoms with Crippen molar-refractivity contribution in [3.63, 3.8) is 0 Å². The molecule has 0 bridgehead atoms. The Morgan fingerprint density at radius 2 is 1.96 bits per heavy atom. The summed E-state index contributed by atoms with van der Waals surface area (Å²) in [6, 6.07) is 7.24. The number of nitrogens with zero attached hydrogens (tertiary/aromatic N) is 4. The second kappa shape index (κ2) is 5.68. The number of hydrogen-bond acceptors (Lipinski definition) is 3. The highest BCUT2D eigenvalue weighted by molar-refractivity contribution is 5.49. The zero-order valence-electron chi connectivity index (χ0n) is 14.1. The molecule has 5 nitrogen and oxygen atoms in total. The topological polar surface area (TPSA) is 47.7 Å². The van der Waals surface area contributed by atoms with Crippen LogP contribution in [0.15, 0.2) is 43.0 Å². The molecule has 4 rings (SSSR count). The summed E-state index contributed by atoms with van der Waals surface area (Å²) in [5.41, 5.74) is 5.02. The number of benzene rings is 1. The highest BCUT2D eigenvalue weighted by atomic mass is 19.3. The van der Waals surface area contributed by atoms with Gasteiger partial charge < -0.3 is 9.88 Å². The molecule has 0 saturated heterocycles. The van der Waals surface area contributed by atoms with Gasteiger partial charge in [-0.3, -0.25) is 4.68 Å². The molecule has 0 spiro atoms. The summed E-state index contributed by atoms with van der Waals surface area (Å²) in [7, 11) is 0. The lowest BCUT2D eigenvalue weighted by atomic mass is 10.2. The molecule has 0 amide bonds. The first kappa shape index (κ1) is 15.8. The van der Waals surface area contributed by atoms with Crippen molar-refractivity contribution in [1.82, 2.24) is 19.3 Å². The molecule has 7 heteroatoms. The van der Waals surface area contributed by atoms with Gasteiger partial charge in [-0.2, -0.15) is 5.10 Å². The van der Waals surface area contributed by atoms with Gasteiger partial charge in [-0.25, -0.2) is 13.8 Å². The van der Waals surface area contributed by atoms with Gasteiger partial charge in [0.1, 0.15) is 6.04 Å². The van der Waals surface area contributed by atoms with Gasteiger partial charge in [0.2, 0.25) is 0 Å². The Bertz CT molecular complexity index is 895. The minimum absolute atomic E-state index is 0.115. The van der Waals surface area contributed by atoms with Crippen molar-refractivity contribution >= 4 is 5.69 Å². The Morgan fingerprint density at radius 1 is 1.24 bits per heavy atom. The molecule has 0 radical (unpaired) electrons. The fourth-order valence-corrected chi connectivity index (χ4v) is 2.83. The van der Waals surface area contributed by atoms with Crippen LogP contribution in [0.5, 0.6) is 0 Å². The lowest BCUT2D eigenvalue weighted by molar-refractivity contribution is 0.0983. The second-order valence-electron chi connectivity index (χ2n) is 6.50. The molecule has 1 saturated carbocycles. The van der Waals surface area contributed by atoms with E-state index in [-0.39, 0.29) is 6.42 Å². The van der Waals surface area contributed by atoms with Crippen LogP contribution < -0.4 is 5.32 Å². The Balaban J connectivity index is 1.40. The molecule has 0 aliphatic heterocycles. The van der Waals surface area contributed by atoms with Gasteiger partial charge in [0.15, 0.2) is 0 Å². The molecule has 1 N–H and O–H groups in total. The first-order valence-electron chi connectivity index (χ1n) is 8.20. The monoisotopic (exact) mass is 343 g/mol. The van der Waals surface area contributed by atoms with Crippen LogP contribution in [0.3, 0.4) is 0 Å². The summed E-state index contributed by atoms with van der Waals surface area (Å²) >= 11 is 0. The largest absolute Gasteiger partial charge is 0.381 e. The van der Waals surface area contributed by atoms with Crippen LogP contribution >= 0.6 is 0 Å². The van der Waals surface area contributed by atoms with E-state index in [9.17, 15) is 8.78 Å². The van der Waals surface area contributed by atoms with Crippen LogP contribution in [0.4, 0.5) is 14.5 Å². The number of hydrogen-bond donors (Lipinski definition) is 1. The minimum Gasteiger partial charge on any atom is -0.381 e. The van der Waals surface area contributed by atoms with Crippen LogP contribution in [0.2, 0.25) is 0 Å². The highest BCUT2D eigenvalue weighted by Crippen LogP contribution is 2.52. The first-order valence-corrected chi connectivity index (χ1v) is 8.20. The Morgan fingerprint density at radius 3 is 2.56 bits per heavy atom. The number of rotatable bonds is 5. The van der Waals surface area contributed by atoms with E-state index in [1.54, 1.807) is 12.4 Å². The third-order valence-corrected chi connectivity index (χ3v) is 4.66. The number of anilines is 1. The molecule has 1 aliphatic rings. The Hall–Kier alpha value is -2.70. The quantitative estimate of drug-likeness (QED) is 0.765. The first-order chi connectivity index (χ1) is 11.9. The van der Waals surface area contributed by atoms with Crippen molar-refractivity contribution in [3.8, 4) is 5.69 Å². The summed E-state index contributed by atoms with van der Waals surface area (Å²) in [5, 5.41) is 7.33. The molecule has 130 valence electrons. The van der Waals surface area contributed by atoms with E-state index >= 15 is 0 Å². The Kier molecular flexibility index (Phi) is 3.59. The molecule has 2 aromatic heterocycles. The Labute approximate surface area is 144 Å². The van der Waals surface area contributed by atoms with E-state index in [1.807, 2.05) is 49.0 Å². The fourth-order valence-electron chi connectivity index (χ4n) is 2.83. The van der Waals surface area contributed by atoms with Gasteiger partial charge >= 0.3 is 0 Å². The molecule has 1 aromatic carbocycles. The zero-order chi connectivity index (χ0) is 17.6. The molecule has 1 aliphatic carbocycles. The molecule has 3 aromatic rings. The molecule has 1 atom stereocenters. The number of halogens is 2. The predicted octanol–water partition coefficient (Wildman–Crippen LogP) is 3.88. The summed E-state index contributed by atoms with van der Waals surface area (Å²) in [5.74, 6) is -2.60. The maximum atomic E-state index is 13.1. The van der Waals surface area contributed by atoms with Gasteiger partial charge in [-0.05, 0) is 38.1 Å². The van der Waals surface area contributed by atoms with E-state index in [0.29, 0.717) is 6.54 Å². The number of aryl methyl sites for hydroxylation is 1. The molecule has 25 heavy (non-hydrogen) atoms. The smallest absolute Gasteiger partial charge is 0.272 e. The van der Waals surface area contributed by atoms with Gasteiger partial charge in [-0.15, -0.1) is 0 Å². The second-order valence-corrected chi connectivity index (χ2v) is 6.50. The highest BCUT2D eigenvalue weighted by Gasteiger charge is 2.59. The lowest BCUT2D eigenvalue weighted by Gasteiger charge is -2.08. The maximum absolute atomic E-state index is 13.1. The summed E-state index contributed by atoms with van der Waals surface area (Å²) in [4.78, 5) is 4.31. The van der Waals surface area contributed by atoms with Crippen molar-refractivity contribution in [1.29, 1.82) is 0 Å². The zero-order valence-corrected chi connectivity index (χ0v) is 14.1. The van der Waals surface area contributed by atoms with Crippen molar-refractivity contribution in [2.24, 2.45) is 0 Å². The van der Waals surface area contributed by atoms with Crippen LogP contribution in [0.25, 0.3) is 5.69 Å². The van der Waals surface area contributed by atoms with Crippen LogP contribution in [-0.4, -0.2) is 25.3 Å². The van der Waals surface area contributed by atoms with Gasteiger partial charge in [-0.1, -0.05) is 0 Å². The summed E-state index contributed by atoms with van der Waals surface area (Å²) < 4.78 is 29.5. The van der Waals surface area contributed by atoms with Crippen molar-refractivity contribution in [2.75, 3.05) is 5.32 Å². The van der Waals surface area contributed by atoms with Crippen LogP contribution in [0, 0.1) is 13.8 Å². The van der Waals surface area contributed by atoms with Gasteiger partial charge in [0.05, 0.1) is 18.2 Å². The molecular formula is C18H19F2N5. The SMILES string of the molecule is Cc1ncn(-c2ccc(NCc3cnn(C4CC4(F)F)c3)cc2)c1C. The molecule has 1 unspecified atom stereocenters. The van der Waals surface area contributed by atoms with E-state index in [2.05, 4.69) is 15.4 Å². The minimum atomic E-state index is -2.60. The third-order valence-electron chi connectivity index (χ3n) is 4.66. The van der Waals surface area contributed by atoms with E-state index in [0.717, 1.165) is 28.3 Å². The lowest BCUT2D eigenvalue weighted by Crippen LogP contribution is -2.03. The average Bonchev–Trinajstić information content (AvgIpc) is 2.92. The number of nitrogens with one attached hydrogen (secondary N) is 1. The standard InChI is InChI=1S/C18H19F2N5/c1-12-13(2)24(11-22-12)16-5-3-15(4-6-16)21-8-14-9-23-25(10-14)17-7-18(17,19)20/h3-6,9-11,17,21H,7-8H2,1-2H3. The van der Waals surface area contributed by atoms with Crippen molar-refractivity contribution < 1.29 is 8.78 Å². The van der Waals surface area contributed by atoms with Crippen molar-refractivity contribution in [3.05, 3.63) is 59.9 Å². The molecule has 1 fully saturated rings. The summed E-state index contributed by atoms with van der Waals surface area (Å²) in [6.07, 6.45) is 5.02. The number of aromatic nitrogens is 4. The fraction of sp³-hybridized carbons (Fsp3) is 0.333. The molecule has 2 heterocycles. The van der Waals surface area contributed by atoms with E-state index < -0.39 is 12.0 Å². The van der Waals surface area contributed by atoms with Gasteiger partial charge in [0, 0.05) is 41.8 Å². The third kappa shape index (κ3) is 3.01. The maximum Gasteiger partial charge on any atom is 0.272 e. The normalized spacial score (nSPS) is 18.3. The number of imidazole rings is 1. The van der Waals surface area contributed by atoms with Crippen molar-refractivity contribution in [2.45, 2.75) is 38.8 Å². The molecular weight excluding hydrogens is 324 g/mol.